The zero-order chi connectivity index (χ0) is 10.8. The Kier molecular flexibility index (Phi) is 2.60. The molecule has 0 radical (unpaired) electrons. The maximum Gasteiger partial charge on any atom is 0.574 e. The lowest BCUT2D eigenvalue weighted by Gasteiger charge is -2.08. The predicted molar refractivity (Wildman–Crippen MR) is 40.4 cm³/mol. The van der Waals surface area contributed by atoms with Crippen molar-refractivity contribution in [3.63, 3.8) is 0 Å². The van der Waals surface area contributed by atoms with Gasteiger partial charge in [-0.05, 0) is 18.6 Å². The molecule has 0 atom stereocenters. The van der Waals surface area contributed by atoms with E-state index in [0.717, 1.165) is 6.07 Å². The van der Waals surface area contributed by atoms with Crippen molar-refractivity contribution >= 4 is 0 Å². The molecule has 0 N–H and O–H groups in total. The maximum absolute atomic E-state index is 11.8. The Morgan fingerprint density at radius 1 is 1.43 bits per heavy atom. The third-order valence-electron chi connectivity index (χ3n) is 1.28. The molecule has 0 bridgehead atoms. The summed E-state index contributed by atoms with van der Waals surface area (Å²) in [5.74, 6) is -0.617. The van der Waals surface area contributed by atoms with Gasteiger partial charge in [-0.15, -0.1) is 13.2 Å². The second kappa shape index (κ2) is 3.54. The minimum atomic E-state index is -4.78. The molecule has 0 spiro atoms. The van der Waals surface area contributed by atoms with Crippen molar-refractivity contribution in [1.82, 2.24) is 4.98 Å². The molecule has 0 aromatic carbocycles. The van der Waals surface area contributed by atoms with E-state index in [0.29, 0.717) is 5.56 Å². The van der Waals surface area contributed by atoms with Crippen LogP contribution in [0.4, 0.5) is 13.2 Å². The number of nitriles is 1. The molecule has 6 heteroatoms. The molecule has 1 rings (SSSR count). The number of aromatic nitrogens is 1. The average molecular weight is 202 g/mol. The zero-order valence-electron chi connectivity index (χ0n) is 7.09. The summed E-state index contributed by atoms with van der Waals surface area (Å²) in [5, 5.41) is 8.44. The monoisotopic (exact) mass is 202 g/mol. The van der Waals surface area contributed by atoms with E-state index in [1.807, 2.05) is 0 Å². The van der Waals surface area contributed by atoms with Crippen molar-refractivity contribution in [1.29, 1.82) is 5.26 Å². The van der Waals surface area contributed by atoms with Crippen LogP contribution in [0.1, 0.15) is 11.3 Å². The Morgan fingerprint density at radius 3 is 2.57 bits per heavy atom. The van der Waals surface area contributed by atoms with Crippen molar-refractivity contribution < 1.29 is 17.9 Å². The Labute approximate surface area is 77.7 Å². The van der Waals surface area contributed by atoms with Crippen LogP contribution < -0.4 is 4.74 Å². The van der Waals surface area contributed by atoms with Crippen LogP contribution in [-0.4, -0.2) is 11.3 Å². The molecule has 0 amide bonds. The van der Waals surface area contributed by atoms with Crippen LogP contribution in [0.3, 0.4) is 0 Å². The van der Waals surface area contributed by atoms with Gasteiger partial charge >= 0.3 is 6.36 Å². The Morgan fingerprint density at radius 2 is 2.07 bits per heavy atom. The lowest BCUT2D eigenvalue weighted by molar-refractivity contribution is -0.276. The number of pyridine rings is 1. The van der Waals surface area contributed by atoms with Crippen LogP contribution in [0, 0.1) is 18.3 Å². The van der Waals surface area contributed by atoms with Gasteiger partial charge in [-0.1, -0.05) is 0 Å². The fourth-order valence-corrected chi connectivity index (χ4v) is 0.863. The number of hydrogen-bond donors (Lipinski definition) is 0. The second-order valence-corrected chi connectivity index (χ2v) is 2.53. The van der Waals surface area contributed by atoms with E-state index in [4.69, 9.17) is 5.26 Å². The molecule has 0 unspecified atom stereocenters. The SMILES string of the molecule is Cc1cc(C#N)nc(OC(F)(F)F)c1. The molecule has 1 heterocycles. The minimum absolute atomic E-state index is 0.107. The van der Waals surface area contributed by atoms with Gasteiger partial charge in [-0.2, -0.15) is 5.26 Å². The highest BCUT2D eigenvalue weighted by Gasteiger charge is 2.31. The normalized spacial score (nSPS) is 10.8. The van der Waals surface area contributed by atoms with Crippen LogP contribution >= 0.6 is 0 Å². The molecular formula is C8H5F3N2O. The zero-order valence-corrected chi connectivity index (χ0v) is 7.09. The molecule has 74 valence electrons. The van der Waals surface area contributed by atoms with E-state index in [1.54, 1.807) is 13.0 Å². The van der Waals surface area contributed by atoms with E-state index >= 15 is 0 Å². The molecule has 3 nitrogen and oxygen atoms in total. The number of halogens is 3. The van der Waals surface area contributed by atoms with Gasteiger partial charge in [-0.3, -0.25) is 0 Å². The van der Waals surface area contributed by atoms with Crippen molar-refractivity contribution in [3.05, 3.63) is 23.4 Å². The van der Waals surface area contributed by atoms with Gasteiger partial charge in [0, 0.05) is 6.07 Å². The summed E-state index contributed by atoms with van der Waals surface area (Å²) in [6.07, 6.45) is -4.78. The molecule has 0 aliphatic rings. The number of aryl methyl sites for hydroxylation is 1. The molecule has 14 heavy (non-hydrogen) atoms. The van der Waals surface area contributed by atoms with Gasteiger partial charge in [0.1, 0.15) is 11.8 Å². The standard InChI is InChI=1S/C8H5F3N2O/c1-5-2-6(4-12)13-7(3-5)14-8(9,10)11/h2-3H,1H3. The van der Waals surface area contributed by atoms with Gasteiger partial charge in [-0.25, -0.2) is 4.98 Å². The van der Waals surface area contributed by atoms with E-state index in [1.165, 1.54) is 6.07 Å². The topological polar surface area (TPSA) is 45.9 Å². The molecular weight excluding hydrogens is 197 g/mol. The van der Waals surface area contributed by atoms with Gasteiger partial charge in [0.2, 0.25) is 5.88 Å². The molecule has 1 aromatic rings. The van der Waals surface area contributed by atoms with Crippen LogP contribution in [0.5, 0.6) is 5.88 Å². The minimum Gasteiger partial charge on any atom is -0.388 e. The molecule has 0 aliphatic heterocycles. The van der Waals surface area contributed by atoms with Gasteiger partial charge < -0.3 is 4.74 Å². The van der Waals surface area contributed by atoms with E-state index < -0.39 is 12.2 Å². The van der Waals surface area contributed by atoms with Crippen LogP contribution in [0.2, 0.25) is 0 Å². The van der Waals surface area contributed by atoms with Gasteiger partial charge in [0.25, 0.3) is 0 Å². The third kappa shape index (κ3) is 2.94. The molecule has 0 saturated heterocycles. The average Bonchev–Trinajstić information content (AvgIpc) is 1.99. The molecule has 0 saturated carbocycles. The van der Waals surface area contributed by atoms with Gasteiger partial charge in [0.05, 0.1) is 0 Å². The highest BCUT2D eigenvalue weighted by atomic mass is 19.4. The first kappa shape index (κ1) is 10.3. The Balaban J connectivity index is 3.00. The Hall–Kier alpha value is -1.77. The molecule has 0 aliphatic carbocycles. The molecule has 0 fully saturated rings. The highest BCUT2D eigenvalue weighted by molar-refractivity contribution is 5.30. The summed E-state index contributed by atoms with van der Waals surface area (Å²) in [7, 11) is 0. The summed E-state index contributed by atoms with van der Waals surface area (Å²) >= 11 is 0. The maximum atomic E-state index is 11.8. The quantitative estimate of drug-likeness (QED) is 0.700. The van der Waals surface area contributed by atoms with E-state index in [9.17, 15) is 13.2 Å². The van der Waals surface area contributed by atoms with E-state index in [-0.39, 0.29) is 5.69 Å². The number of rotatable bonds is 1. The molecule has 1 aromatic heterocycles. The number of nitrogens with zero attached hydrogens (tertiary/aromatic N) is 2. The summed E-state index contributed by atoms with van der Waals surface area (Å²) in [6.45, 7) is 1.55. The van der Waals surface area contributed by atoms with E-state index in [2.05, 4.69) is 9.72 Å². The van der Waals surface area contributed by atoms with Crippen molar-refractivity contribution in [2.45, 2.75) is 13.3 Å². The second-order valence-electron chi connectivity index (χ2n) is 2.53. The number of ether oxygens (including phenoxy) is 1. The first-order valence-corrected chi connectivity index (χ1v) is 3.55. The number of hydrogen-bond acceptors (Lipinski definition) is 3. The Bertz CT molecular complexity index is 381. The summed E-state index contributed by atoms with van der Waals surface area (Å²) in [4.78, 5) is 3.33. The predicted octanol–water partition coefficient (Wildman–Crippen LogP) is 2.16. The first-order valence-electron chi connectivity index (χ1n) is 3.55. The van der Waals surface area contributed by atoms with Crippen molar-refractivity contribution in [2.24, 2.45) is 0 Å². The summed E-state index contributed by atoms with van der Waals surface area (Å²) in [5.41, 5.74) is 0.375. The summed E-state index contributed by atoms with van der Waals surface area (Å²) in [6, 6.07) is 4.11. The largest absolute Gasteiger partial charge is 0.574 e. The summed E-state index contributed by atoms with van der Waals surface area (Å²) < 4.78 is 38.9. The smallest absolute Gasteiger partial charge is 0.388 e. The first-order chi connectivity index (χ1) is 6.40. The lowest BCUT2D eigenvalue weighted by atomic mass is 10.2. The van der Waals surface area contributed by atoms with Crippen LogP contribution in [0.15, 0.2) is 12.1 Å². The van der Waals surface area contributed by atoms with Crippen LogP contribution in [0.25, 0.3) is 0 Å². The number of alkyl halides is 3. The highest BCUT2D eigenvalue weighted by Crippen LogP contribution is 2.21. The third-order valence-corrected chi connectivity index (χ3v) is 1.28. The fraction of sp³-hybridized carbons (Fsp3) is 0.250. The van der Waals surface area contributed by atoms with Crippen LogP contribution in [-0.2, 0) is 0 Å². The fourth-order valence-electron chi connectivity index (χ4n) is 0.863. The van der Waals surface area contributed by atoms with Crippen molar-refractivity contribution in [2.75, 3.05) is 0 Å². The van der Waals surface area contributed by atoms with Crippen molar-refractivity contribution in [3.8, 4) is 11.9 Å². The lowest BCUT2D eigenvalue weighted by Crippen LogP contribution is -2.18. The van der Waals surface area contributed by atoms with Gasteiger partial charge in [0.15, 0.2) is 0 Å².